The van der Waals surface area contributed by atoms with Crippen LogP contribution in [0.1, 0.15) is 11.1 Å². The molecule has 0 spiro atoms. The van der Waals surface area contributed by atoms with Crippen molar-refractivity contribution in [1.82, 2.24) is 4.98 Å². The van der Waals surface area contributed by atoms with E-state index in [-0.39, 0.29) is 0 Å². The molecule has 2 nitrogen and oxygen atoms in total. The molecule has 0 amide bonds. The van der Waals surface area contributed by atoms with Crippen molar-refractivity contribution in [2.24, 2.45) is 0 Å². The van der Waals surface area contributed by atoms with Crippen LogP contribution in [0.4, 0.5) is 0 Å². The number of aromatic nitrogens is 1. The first-order valence-corrected chi connectivity index (χ1v) is 5.67. The Hall–Kier alpha value is -1.85. The lowest BCUT2D eigenvalue weighted by Gasteiger charge is -2.08. The molecule has 1 aromatic heterocycles. The molecule has 0 unspecified atom stereocenters. The molecule has 0 fully saturated rings. The second kappa shape index (κ2) is 4.99. The van der Waals surface area contributed by atoms with Crippen LogP contribution in [0.15, 0.2) is 36.5 Å². The maximum absolute atomic E-state index is 8.76. The normalized spacial score (nSPS) is 9.94. The van der Waals surface area contributed by atoms with Crippen LogP contribution in [-0.4, -0.2) is 4.98 Å². The van der Waals surface area contributed by atoms with E-state index in [0.29, 0.717) is 11.4 Å². The van der Waals surface area contributed by atoms with Gasteiger partial charge in [0.2, 0.25) is 0 Å². The van der Waals surface area contributed by atoms with E-state index in [1.807, 2.05) is 37.3 Å². The largest absolute Gasteiger partial charge is 0.256 e. The monoisotopic (exact) mass is 242 g/mol. The summed E-state index contributed by atoms with van der Waals surface area (Å²) < 4.78 is 0. The van der Waals surface area contributed by atoms with Gasteiger partial charge in [0, 0.05) is 16.8 Å². The van der Waals surface area contributed by atoms with E-state index in [1.165, 1.54) is 0 Å². The van der Waals surface area contributed by atoms with Crippen molar-refractivity contribution >= 4 is 11.6 Å². The van der Waals surface area contributed by atoms with Crippen LogP contribution in [-0.2, 0) is 6.42 Å². The maximum Gasteiger partial charge on any atom is 0.0734 e. The summed E-state index contributed by atoms with van der Waals surface area (Å²) in [4.78, 5) is 4.36. The fourth-order valence-electron chi connectivity index (χ4n) is 1.78. The average molecular weight is 243 g/mol. The summed E-state index contributed by atoms with van der Waals surface area (Å²) in [7, 11) is 0. The molecule has 3 heteroatoms. The first-order valence-electron chi connectivity index (χ1n) is 5.29. The second-order valence-corrected chi connectivity index (χ2v) is 4.23. The number of halogens is 1. The molecule has 0 saturated carbocycles. The minimum Gasteiger partial charge on any atom is -0.256 e. The van der Waals surface area contributed by atoms with E-state index < -0.39 is 0 Å². The fourth-order valence-corrected chi connectivity index (χ4v) is 1.97. The molecule has 0 aliphatic carbocycles. The van der Waals surface area contributed by atoms with Gasteiger partial charge in [-0.25, -0.2) is 0 Å². The first kappa shape index (κ1) is 11.6. The minimum absolute atomic E-state index is 0.405. The van der Waals surface area contributed by atoms with Crippen LogP contribution in [0.3, 0.4) is 0 Å². The van der Waals surface area contributed by atoms with Gasteiger partial charge < -0.3 is 0 Å². The Morgan fingerprint density at radius 3 is 2.88 bits per heavy atom. The SMILES string of the molecule is Cc1c(CC#N)ccnc1-c1cccc(Cl)c1. The van der Waals surface area contributed by atoms with Gasteiger partial charge in [0.15, 0.2) is 0 Å². The molecular weight excluding hydrogens is 232 g/mol. The van der Waals surface area contributed by atoms with Crippen LogP contribution in [0.5, 0.6) is 0 Å². The number of pyridine rings is 1. The van der Waals surface area contributed by atoms with Crippen molar-refractivity contribution in [2.75, 3.05) is 0 Å². The molecule has 0 saturated heterocycles. The molecule has 0 N–H and O–H groups in total. The molecule has 0 aliphatic rings. The van der Waals surface area contributed by atoms with Crippen molar-refractivity contribution in [2.45, 2.75) is 13.3 Å². The van der Waals surface area contributed by atoms with Crippen LogP contribution >= 0.6 is 11.6 Å². The van der Waals surface area contributed by atoms with Gasteiger partial charge in [0.1, 0.15) is 0 Å². The standard InChI is InChI=1S/C14H11ClN2/c1-10-11(5-7-16)6-8-17-14(10)12-3-2-4-13(15)9-12/h2-4,6,8-9H,5H2,1H3. The lowest BCUT2D eigenvalue weighted by molar-refractivity contribution is 1.16. The van der Waals surface area contributed by atoms with E-state index >= 15 is 0 Å². The Labute approximate surface area is 105 Å². The molecule has 1 aromatic carbocycles. The van der Waals surface area contributed by atoms with Crippen LogP contribution in [0, 0.1) is 18.3 Å². The Bertz CT molecular complexity index is 585. The highest BCUT2D eigenvalue weighted by molar-refractivity contribution is 6.30. The quantitative estimate of drug-likeness (QED) is 0.804. The van der Waals surface area contributed by atoms with E-state index in [0.717, 1.165) is 22.4 Å². The summed E-state index contributed by atoms with van der Waals surface area (Å²) in [5.41, 5.74) is 3.92. The van der Waals surface area contributed by atoms with Crippen LogP contribution in [0.25, 0.3) is 11.3 Å². The highest BCUT2D eigenvalue weighted by atomic mass is 35.5. The van der Waals surface area contributed by atoms with Gasteiger partial charge in [-0.05, 0) is 36.2 Å². The lowest BCUT2D eigenvalue weighted by Crippen LogP contribution is -1.94. The van der Waals surface area contributed by atoms with E-state index in [9.17, 15) is 0 Å². The van der Waals surface area contributed by atoms with Gasteiger partial charge >= 0.3 is 0 Å². The van der Waals surface area contributed by atoms with Gasteiger partial charge in [-0.3, -0.25) is 4.98 Å². The average Bonchev–Trinajstić information content (AvgIpc) is 2.32. The molecule has 84 valence electrons. The number of nitrogens with zero attached hydrogens (tertiary/aromatic N) is 2. The highest BCUT2D eigenvalue weighted by Crippen LogP contribution is 2.25. The number of nitriles is 1. The number of hydrogen-bond acceptors (Lipinski definition) is 2. The molecule has 2 rings (SSSR count). The zero-order chi connectivity index (χ0) is 12.3. The smallest absolute Gasteiger partial charge is 0.0734 e. The lowest BCUT2D eigenvalue weighted by atomic mass is 10.0. The van der Waals surface area contributed by atoms with Crippen molar-refractivity contribution in [1.29, 1.82) is 5.26 Å². The third-order valence-electron chi connectivity index (χ3n) is 2.68. The molecular formula is C14H11ClN2. The van der Waals surface area contributed by atoms with E-state index in [4.69, 9.17) is 16.9 Å². The Kier molecular flexibility index (Phi) is 3.41. The van der Waals surface area contributed by atoms with Crippen molar-refractivity contribution in [3.8, 4) is 17.3 Å². The van der Waals surface area contributed by atoms with Crippen molar-refractivity contribution in [3.63, 3.8) is 0 Å². The number of hydrogen-bond donors (Lipinski definition) is 0. The maximum atomic E-state index is 8.76. The van der Waals surface area contributed by atoms with Gasteiger partial charge in [-0.15, -0.1) is 0 Å². The van der Waals surface area contributed by atoms with Crippen molar-refractivity contribution < 1.29 is 0 Å². The van der Waals surface area contributed by atoms with Crippen molar-refractivity contribution in [3.05, 3.63) is 52.7 Å². The van der Waals surface area contributed by atoms with E-state index in [2.05, 4.69) is 11.1 Å². The topological polar surface area (TPSA) is 36.7 Å². The predicted octanol–water partition coefficient (Wildman–Crippen LogP) is 3.78. The summed E-state index contributed by atoms with van der Waals surface area (Å²) in [6.45, 7) is 1.98. The molecule has 0 atom stereocenters. The summed E-state index contributed by atoms with van der Waals surface area (Å²) in [6.07, 6.45) is 2.14. The molecule has 0 bridgehead atoms. The van der Waals surface area contributed by atoms with Gasteiger partial charge in [-0.2, -0.15) is 5.26 Å². The third-order valence-corrected chi connectivity index (χ3v) is 2.92. The Balaban J connectivity index is 2.53. The zero-order valence-electron chi connectivity index (χ0n) is 9.44. The zero-order valence-corrected chi connectivity index (χ0v) is 10.2. The molecule has 1 heterocycles. The predicted molar refractivity (Wildman–Crippen MR) is 68.7 cm³/mol. The van der Waals surface area contributed by atoms with E-state index in [1.54, 1.807) is 6.20 Å². The highest BCUT2D eigenvalue weighted by Gasteiger charge is 2.07. The van der Waals surface area contributed by atoms with Gasteiger partial charge in [0.05, 0.1) is 18.2 Å². The Morgan fingerprint density at radius 1 is 1.35 bits per heavy atom. The third kappa shape index (κ3) is 2.46. The molecule has 0 aliphatic heterocycles. The van der Waals surface area contributed by atoms with Crippen LogP contribution in [0.2, 0.25) is 5.02 Å². The number of rotatable bonds is 2. The van der Waals surface area contributed by atoms with Gasteiger partial charge in [0.25, 0.3) is 0 Å². The summed E-state index contributed by atoms with van der Waals surface area (Å²) in [6, 6.07) is 11.6. The number of benzene rings is 1. The minimum atomic E-state index is 0.405. The Morgan fingerprint density at radius 2 is 2.18 bits per heavy atom. The molecule has 2 aromatic rings. The fraction of sp³-hybridized carbons (Fsp3) is 0.143. The van der Waals surface area contributed by atoms with Gasteiger partial charge in [-0.1, -0.05) is 23.7 Å². The van der Waals surface area contributed by atoms with Crippen LogP contribution < -0.4 is 0 Å². The summed E-state index contributed by atoms with van der Waals surface area (Å²) >= 11 is 5.97. The second-order valence-electron chi connectivity index (χ2n) is 3.79. The summed E-state index contributed by atoms with van der Waals surface area (Å²) in [5.74, 6) is 0. The first-order chi connectivity index (χ1) is 8.22. The summed E-state index contributed by atoms with van der Waals surface area (Å²) in [5, 5.41) is 9.45. The molecule has 17 heavy (non-hydrogen) atoms. The molecule has 0 radical (unpaired) electrons.